The topological polar surface area (TPSA) is 116 Å². The molecule has 0 atom stereocenters. The number of aromatic nitrogens is 4. The van der Waals surface area contributed by atoms with Crippen LogP contribution in [0.25, 0.3) is 0 Å². The average Bonchev–Trinajstić information content (AvgIpc) is 3.12. The standard InChI is InChI=1S/C17H19BrN4O4/c1-7-13(16(23)21-19-7)15(14-8(2)20-22-17(14)24)9-5-10(18)12(26-4)6-11(9)25-3/h5-6,15H,1-4H3,(H2,19,21,23)(H2,20,22,24). The molecule has 0 unspecified atom stereocenters. The van der Waals surface area contributed by atoms with Crippen LogP contribution in [0.15, 0.2) is 26.2 Å². The van der Waals surface area contributed by atoms with E-state index in [1.165, 1.54) is 7.11 Å². The Bertz CT molecular complexity index is 1010. The summed E-state index contributed by atoms with van der Waals surface area (Å²) in [5, 5.41) is 10.8. The van der Waals surface area contributed by atoms with Gasteiger partial charge in [-0.25, -0.2) is 0 Å². The van der Waals surface area contributed by atoms with E-state index in [1.807, 2.05) is 0 Å². The summed E-state index contributed by atoms with van der Waals surface area (Å²) in [5.41, 5.74) is 2.29. The molecule has 138 valence electrons. The highest BCUT2D eigenvalue weighted by molar-refractivity contribution is 9.10. The summed E-state index contributed by atoms with van der Waals surface area (Å²) < 4.78 is 11.5. The molecule has 2 heterocycles. The predicted octanol–water partition coefficient (Wildman–Crippen LogP) is 2.30. The molecule has 2 aromatic heterocycles. The molecular weight excluding hydrogens is 404 g/mol. The minimum atomic E-state index is -0.628. The molecule has 3 aromatic rings. The summed E-state index contributed by atoms with van der Waals surface area (Å²) in [6.07, 6.45) is 0. The van der Waals surface area contributed by atoms with E-state index >= 15 is 0 Å². The average molecular weight is 423 g/mol. The minimum Gasteiger partial charge on any atom is -0.496 e. The molecule has 0 saturated carbocycles. The van der Waals surface area contributed by atoms with Crippen LogP contribution < -0.4 is 20.6 Å². The molecule has 4 N–H and O–H groups in total. The lowest BCUT2D eigenvalue weighted by Gasteiger charge is -2.20. The lowest BCUT2D eigenvalue weighted by Crippen LogP contribution is -2.21. The first-order valence-corrected chi connectivity index (χ1v) is 8.64. The molecule has 0 bridgehead atoms. The van der Waals surface area contributed by atoms with Gasteiger partial charge in [0, 0.05) is 23.0 Å². The van der Waals surface area contributed by atoms with Crippen molar-refractivity contribution in [1.29, 1.82) is 0 Å². The number of hydrogen-bond acceptors (Lipinski definition) is 4. The maximum atomic E-state index is 12.5. The van der Waals surface area contributed by atoms with Crippen molar-refractivity contribution in [2.24, 2.45) is 0 Å². The van der Waals surface area contributed by atoms with Crippen LogP contribution in [0.3, 0.4) is 0 Å². The van der Waals surface area contributed by atoms with E-state index in [1.54, 1.807) is 33.1 Å². The second-order valence-electron chi connectivity index (χ2n) is 5.90. The third kappa shape index (κ3) is 2.88. The van der Waals surface area contributed by atoms with E-state index in [2.05, 4.69) is 36.3 Å². The van der Waals surface area contributed by atoms with Crippen molar-refractivity contribution in [2.75, 3.05) is 14.2 Å². The molecule has 26 heavy (non-hydrogen) atoms. The van der Waals surface area contributed by atoms with Crippen LogP contribution in [-0.2, 0) is 0 Å². The molecule has 9 heteroatoms. The van der Waals surface area contributed by atoms with Gasteiger partial charge in [0.15, 0.2) is 0 Å². The number of methoxy groups -OCH3 is 2. The van der Waals surface area contributed by atoms with Gasteiger partial charge in [-0.05, 0) is 35.8 Å². The fraction of sp³-hybridized carbons (Fsp3) is 0.294. The van der Waals surface area contributed by atoms with E-state index in [0.717, 1.165) is 0 Å². The van der Waals surface area contributed by atoms with Crippen molar-refractivity contribution in [3.8, 4) is 11.5 Å². The Hall–Kier alpha value is -2.68. The van der Waals surface area contributed by atoms with Crippen LogP contribution in [0.1, 0.15) is 34.0 Å². The number of rotatable bonds is 5. The van der Waals surface area contributed by atoms with Gasteiger partial charge in [0.2, 0.25) is 0 Å². The Morgan fingerprint density at radius 1 is 0.846 bits per heavy atom. The van der Waals surface area contributed by atoms with Gasteiger partial charge in [-0.2, -0.15) is 0 Å². The monoisotopic (exact) mass is 422 g/mol. The molecule has 0 amide bonds. The highest BCUT2D eigenvalue weighted by Crippen LogP contribution is 2.41. The maximum Gasteiger partial charge on any atom is 0.268 e. The summed E-state index contributed by atoms with van der Waals surface area (Å²) in [6, 6.07) is 3.53. The van der Waals surface area contributed by atoms with Crippen molar-refractivity contribution in [3.63, 3.8) is 0 Å². The van der Waals surface area contributed by atoms with Gasteiger partial charge < -0.3 is 19.7 Å². The van der Waals surface area contributed by atoms with Crippen LogP contribution >= 0.6 is 15.9 Å². The van der Waals surface area contributed by atoms with Gasteiger partial charge in [0.25, 0.3) is 11.1 Å². The van der Waals surface area contributed by atoms with E-state index < -0.39 is 5.92 Å². The number of nitrogens with one attached hydrogen (secondary N) is 4. The Kier molecular flexibility index (Phi) is 4.82. The highest BCUT2D eigenvalue weighted by atomic mass is 79.9. The van der Waals surface area contributed by atoms with Gasteiger partial charge in [-0.3, -0.25) is 19.8 Å². The van der Waals surface area contributed by atoms with Crippen molar-refractivity contribution < 1.29 is 9.47 Å². The van der Waals surface area contributed by atoms with Crippen molar-refractivity contribution in [2.45, 2.75) is 19.8 Å². The molecule has 0 aliphatic heterocycles. The molecule has 3 rings (SSSR count). The maximum absolute atomic E-state index is 12.5. The summed E-state index contributed by atoms with van der Waals surface area (Å²) >= 11 is 3.47. The Balaban J connectivity index is 2.39. The second-order valence-corrected chi connectivity index (χ2v) is 6.75. The van der Waals surface area contributed by atoms with Crippen molar-refractivity contribution in [1.82, 2.24) is 20.4 Å². The minimum absolute atomic E-state index is 0.290. The number of aromatic amines is 4. The first-order valence-electron chi connectivity index (χ1n) is 7.84. The Morgan fingerprint density at radius 3 is 1.73 bits per heavy atom. The van der Waals surface area contributed by atoms with Gasteiger partial charge in [0.1, 0.15) is 11.5 Å². The fourth-order valence-electron chi connectivity index (χ4n) is 3.17. The van der Waals surface area contributed by atoms with E-state index in [9.17, 15) is 9.59 Å². The molecule has 1 aromatic carbocycles. The van der Waals surface area contributed by atoms with Gasteiger partial charge in [-0.1, -0.05) is 0 Å². The first-order chi connectivity index (χ1) is 12.4. The second kappa shape index (κ2) is 6.91. The third-order valence-electron chi connectivity index (χ3n) is 4.42. The third-order valence-corrected chi connectivity index (χ3v) is 5.04. The molecule has 0 aliphatic rings. The van der Waals surface area contributed by atoms with Crippen LogP contribution in [-0.4, -0.2) is 34.6 Å². The highest BCUT2D eigenvalue weighted by Gasteiger charge is 2.31. The SMILES string of the molecule is COc1cc(OC)c(C(c2c(C)[nH][nH]c2=O)c2c(C)[nH][nH]c2=O)cc1Br. The van der Waals surface area contributed by atoms with Gasteiger partial charge >= 0.3 is 0 Å². The lowest BCUT2D eigenvalue weighted by molar-refractivity contribution is 0.389. The number of H-pyrrole nitrogens is 4. The van der Waals surface area contributed by atoms with Crippen LogP contribution in [0.5, 0.6) is 11.5 Å². The lowest BCUT2D eigenvalue weighted by atomic mass is 9.84. The van der Waals surface area contributed by atoms with E-state index in [0.29, 0.717) is 44.0 Å². The molecule has 0 saturated heterocycles. The number of ether oxygens (including phenoxy) is 2. The van der Waals surface area contributed by atoms with Crippen LogP contribution in [0.4, 0.5) is 0 Å². The van der Waals surface area contributed by atoms with E-state index in [-0.39, 0.29) is 11.1 Å². The number of aryl methyl sites for hydroxylation is 2. The molecule has 0 fully saturated rings. The Morgan fingerprint density at radius 2 is 1.35 bits per heavy atom. The van der Waals surface area contributed by atoms with Crippen LogP contribution in [0, 0.1) is 13.8 Å². The zero-order chi connectivity index (χ0) is 19.0. The molecule has 8 nitrogen and oxygen atoms in total. The van der Waals surface area contributed by atoms with Gasteiger partial charge in [0.05, 0.1) is 35.7 Å². The fourth-order valence-corrected chi connectivity index (χ4v) is 3.69. The molecule has 0 aliphatic carbocycles. The molecule has 0 spiro atoms. The predicted molar refractivity (Wildman–Crippen MR) is 100 cm³/mol. The number of halogens is 1. The summed E-state index contributed by atoms with van der Waals surface area (Å²) in [5.74, 6) is 0.468. The first kappa shape index (κ1) is 18.1. The van der Waals surface area contributed by atoms with Crippen LogP contribution in [0.2, 0.25) is 0 Å². The quantitative estimate of drug-likeness (QED) is 0.504. The summed E-state index contributed by atoms with van der Waals surface area (Å²) in [7, 11) is 3.09. The number of benzene rings is 1. The van der Waals surface area contributed by atoms with Crippen molar-refractivity contribution >= 4 is 15.9 Å². The molecular formula is C17H19BrN4O4. The zero-order valence-electron chi connectivity index (χ0n) is 14.7. The smallest absolute Gasteiger partial charge is 0.268 e. The zero-order valence-corrected chi connectivity index (χ0v) is 16.3. The Labute approximate surface area is 157 Å². The van der Waals surface area contributed by atoms with Crippen molar-refractivity contribution in [3.05, 3.63) is 65.4 Å². The summed E-state index contributed by atoms with van der Waals surface area (Å²) in [4.78, 5) is 25.0. The summed E-state index contributed by atoms with van der Waals surface area (Å²) in [6.45, 7) is 3.56. The van der Waals surface area contributed by atoms with Gasteiger partial charge in [-0.15, -0.1) is 0 Å². The normalized spacial score (nSPS) is 11.2. The van der Waals surface area contributed by atoms with E-state index in [4.69, 9.17) is 9.47 Å². The molecule has 0 radical (unpaired) electrons. The largest absolute Gasteiger partial charge is 0.496 e. The number of hydrogen-bond donors (Lipinski definition) is 4.